The first-order valence-electron chi connectivity index (χ1n) is 8.40. The van der Waals surface area contributed by atoms with E-state index in [0.717, 1.165) is 43.2 Å². The molecule has 1 aromatic carbocycles. The number of rotatable bonds is 4. The van der Waals surface area contributed by atoms with E-state index in [0.29, 0.717) is 12.5 Å². The molecule has 2 fully saturated rings. The molecule has 0 aromatic heterocycles. The maximum absolute atomic E-state index is 12.4. The Morgan fingerprint density at radius 2 is 1.95 bits per heavy atom. The van der Waals surface area contributed by atoms with Crippen LogP contribution < -0.4 is 10.1 Å². The van der Waals surface area contributed by atoms with Gasteiger partial charge in [-0.2, -0.15) is 0 Å². The van der Waals surface area contributed by atoms with Gasteiger partial charge in [-0.25, -0.2) is 0 Å². The zero-order valence-corrected chi connectivity index (χ0v) is 13.4. The molecule has 2 aliphatic heterocycles. The van der Waals surface area contributed by atoms with E-state index in [-0.39, 0.29) is 5.91 Å². The van der Waals surface area contributed by atoms with E-state index in [1.807, 2.05) is 29.2 Å². The van der Waals surface area contributed by atoms with E-state index in [4.69, 9.17) is 4.74 Å². The Morgan fingerprint density at radius 1 is 1.23 bits per heavy atom. The molecule has 0 bridgehead atoms. The molecule has 2 heterocycles. The maximum atomic E-state index is 12.4. The molecule has 3 rings (SSSR count). The van der Waals surface area contributed by atoms with E-state index in [9.17, 15) is 4.79 Å². The van der Waals surface area contributed by atoms with Crippen LogP contribution in [0, 0.1) is 5.92 Å². The fraction of sp³-hybridized carbons (Fsp3) is 0.611. The lowest BCUT2D eigenvalue weighted by molar-refractivity contribution is -0.132. The fourth-order valence-electron chi connectivity index (χ4n) is 3.69. The number of nitrogens with one attached hydrogen (secondary N) is 1. The van der Waals surface area contributed by atoms with Crippen molar-refractivity contribution >= 4 is 5.91 Å². The molecule has 1 aromatic rings. The SMILES string of the molecule is COc1ccc(CC(=O)N2CCC(C3CCCN3)CC2)cc1. The second-order valence-electron chi connectivity index (χ2n) is 6.45. The summed E-state index contributed by atoms with van der Waals surface area (Å²) in [6, 6.07) is 8.48. The molecule has 2 aliphatic rings. The predicted molar refractivity (Wildman–Crippen MR) is 87.0 cm³/mol. The van der Waals surface area contributed by atoms with Crippen molar-refractivity contribution in [1.82, 2.24) is 10.2 Å². The first-order chi connectivity index (χ1) is 10.8. The summed E-state index contributed by atoms with van der Waals surface area (Å²) in [5, 5.41) is 3.61. The third kappa shape index (κ3) is 3.61. The van der Waals surface area contributed by atoms with Crippen LogP contribution in [0.15, 0.2) is 24.3 Å². The van der Waals surface area contributed by atoms with Gasteiger partial charge in [0, 0.05) is 19.1 Å². The molecule has 2 saturated heterocycles. The summed E-state index contributed by atoms with van der Waals surface area (Å²) in [6.45, 7) is 3.00. The molecule has 1 amide bonds. The second kappa shape index (κ2) is 7.14. The van der Waals surface area contributed by atoms with Crippen molar-refractivity contribution in [2.24, 2.45) is 5.92 Å². The Kier molecular flexibility index (Phi) is 4.98. The maximum Gasteiger partial charge on any atom is 0.226 e. The van der Waals surface area contributed by atoms with Crippen LogP contribution in [0.4, 0.5) is 0 Å². The number of amides is 1. The molecule has 22 heavy (non-hydrogen) atoms. The lowest BCUT2D eigenvalue weighted by Crippen LogP contribution is -2.43. The number of piperidine rings is 1. The molecule has 1 N–H and O–H groups in total. The number of hydrogen-bond donors (Lipinski definition) is 1. The topological polar surface area (TPSA) is 41.6 Å². The van der Waals surface area contributed by atoms with Gasteiger partial charge in [0.15, 0.2) is 0 Å². The van der Waals surface area contributed by atoms with E-state index in [2.05, 4.69) is 5.32 Å². The Balaban J connectivity index is 1.48. The summed E-state index contributed by atoms with van der Waals surface area (Å²) in [6.07, 6.45) is 5.40. The van der Waals surface area contributed by atoms with Gasteiger partial charge < -0.3 is 15.0 Å². The molecule has 120 valence electrons. The number of carbonyl (C=O) groups is 1. The highest BCUT2D eigenvalue weighted by molar-refractivity contribution is 5.78. The van der Waals surface area contributed by atoms with Gasteiger partial charge in [0.05, 0.1) is 13.5 Å². The van der Waals surface area contributed by atoms with Crippen molar-refractivity contribution in [3.8, 4) is 5.75 Å². The van der Waals surface area contributed by atoms with E-state index >= 15 is 0 Å². The third-order valence-electron chi connectivity index (χ3n) is 5.07. The predicted octanol–water partition coefficient (Wildman–Crippen LogP) is 2.23. The highest BCUT2D eigenvalue weighted by atomic mass is 16.5. The van der Waals surface area contributed by atoms with Gasteiger partial charge in [-0.1, -0.05) is 12.1 Å². The van der Waals surface area contributed by atoms with Crippen LogP contribution in [0.1, 0.15) is 31.2 Å². The van der Waals surface area contributed by atoms with Gasteiger partial charge in [0.2, 0.25) is 5.91 Å². The number of ether oxygens (including phenoxy) is 1. The zero-order chi connectivity index (χ0) is 15.4. The van der Waals surface area contributed by atoms with Gasteiger partial charge in [-0.15, -0.1) is 0 Å². The van der Waals surface area contributed by atoms with Gasteiger partial charge in [-0.05, 0) is 55.8 Å². The Morgan fingerprint density at radius 3 is 2.55 bits per heavy atom. The molecule has 0 spiro atoms. The summed E-state index contributed by atoms with van der Waals surface area (Å²) in [4.78, 5) is 14.5. The molecule has 1 atom stereocenters. The minimum atomic E-state index is 0.253. The molecule has 1 unspecified atom stereocenters. The fourth-order valence-corrected chi connectivity index (χ4v) is 3.69. The molecule has 0 saturated carbocycles. The third-order valence-corrected chi connectivity index (χ3v) is 5.07. The average molecular weight is 302 g/mol. The second-order valence-corrected chi connectivity index (χ2v) is 6.45. The van der Waals surface area contributed by atoms with E-state index in [1.54, 1.807) is 7.11 Å². The number of hydrogen-bond acceptors (Lipinski definition) is 3. The van der Waals surface area contributed by atoms with Gasteiger partial charge in [0.25, 0.3) is 0 Å². The highest BCUT2D eigenvalue weighted by Gasteiger charge is 2.29. The van der Waals surface area contributed by atoms with Crippen molar-refractivity contribution in [1.29, 1.82) is 0 Å². The molecule has 4 nitrogen and oxygen atoms in total. The summed E-state index contributed by atoms with van der Waals surface area (Å²) in [5.41, 5.74) is 1.06. The lowest BCUT2D eigenvalue weighted by Gasteiger charge is -2.35. The van der Waals surface area contributed by atoms with Crippen LogP contribution in [-0.2, 0) is 11.2 Å². The summed E-state index contributed by atoms with van der Waals surface area (Å²) in [7, 11) is 1.66. The zero-order valence-electron chi connectivity index (χ0n) is 13.4. The molecular formula is C18H26N2O2. The first kappa shape index (κ1) is 15.3. The van der Waals surface area contributed by atoms with Gasteiger partial charge in [-0.3, -0.25) is 4.79 Å². The summed E-state index contributed by atoms with van der Waals surface area (Å²) < 4.78 is 5.15. The number of benzene rings is 1. The molecule has 4 heteroatoms. The van der Waals surface area contributed by atoms with Crippen molar-refractivity contribution in [3.63, 3.8) is 0 Å². The van der Waals surface area contributed by atoms with Crippen LogP contribution in [0.25, 0.3) is 0 Å². The Labute approximate surface area is 132 Å². The summed E-state index contributed by atoms with van der Waals surface area (Å²) in [5.74, 6) is 1.84. The highest BCUT2D eigenvalue weighted by Crippen LogP contribution is 2.26. The van der Waals surface area contributed by atoms with Gasteiger partial charge in [0.1, 0.15) is 5.75 Å². The van der Waals surface area contributed by atoms with Crippen LogP contribution in [0.2, 0.25) is 0 Å². The monoisotopic (exact) mass is 302 g/mol. The summed E-state index contributed by atoms with van der Waals surface area (Å²) >= 11 is 0. The normalized spacial score (nSPS) is 22.8. The first-order valence-corrected chi connectivity index (χ1v) is 8.40. The molecular weight excluding hydrogens is 276 g/mol. The molecule has 0 radical (unpaired) electrons. The number of methoxy groups -OCH3 is 1. The Hall–Kier alpha value is -1.55. The van der Waals surface area contributed by atoms with Crippen molar-refractivity contribution in [3.05, 3.63) is 29.8 Å². The van der Waals surface area contributed by atoms with Crippen LogP contribution in [-0.4, -0.2) is 43.6 Å². The smallest absolute Gasteiger partial charge is 0.226 e. The van der Waals surface area contributed by atoms with Gasteiger partial charge >= 0.3 is 0 Å². The average Bonchev–Trinajstić information content (AvgIpc) is 3.10. The molecule has 0 aliphatic carbocycles. The minimum Gasteiger partial charge on any atom is -0.497 e. The van der Waals surface area contributed by atoms with Crippen LogP contribution in [0.3, 0.4) is 0 Å². The lowest BCUT2D eigenvalue weighted by atomic mass is 9.88. The largest absolute Gasteiger partial charge is 0.497 e. The van der Waals surface area contributed by atoms with Crippen LogP contribution in [0.5, 0.6) is 5.75 Å². The van der Waals surface area contributed by atoms with E-state index in [1.165, 1.54) is 19.4 Å². The van der Waals surface area contributed by atoms with Crippen molar-refractivity contribution in [2.45, 2.75) is 38.1 Å². The minimum absolute atomic E-state index is 0.253. The van der Waals surface area contributed by atoms with E-state index < -0.39 is 0 Å². The standard InChI is InChI=1S/C18H26N2O2/c1-22-16-6-4-14(5-7-16)13-18(21)20-11-8-15(9-12-20)17-3-2-10-19-17/h4-7,15,17,19H,2-3,8-13H2,1H3. The quantitative estimate of drug-likeness (QED) is 0.927. The number of carbonyl (C=O) groups excluding carboxylic acids is 1. The Bertz CT molecular complexity index is 486. The van der Waals surface area contributed by atoms with Crippen molar-refractivity contribution < 1.29 is 9.53 Å². The number of nitrogens with zero attached hydrogens (tertiary/aromatic N) is 1. The van der Waals surface area contributed by atoms with Crippen LogP contribution >= 0.6 is 0 Å². The van der Waals surface area contributed by atoms with Crippen molar-refractivity contribution in [2.75, 3.05) is 26.7 Å². The number of likely N-dealkylation sites (tertiary alicyclic amines) is 1.